The summed E-state index contributed by atoms with van der Waals surface area (Å²) in [6.07, 6.45) is 1.09. The van der Waals surface area contributed by atoms with Crippen molar-refractivity contribution in [3.05, 3.63) is 35.9 Å². The Kier molecular flexibility index (Phi) is 12.9. The maximum atomic E-state index is 12.7. The van der Waals surface area contributed by atoms with E-state index < -0.39 is 30.1 Å². The number of nitrogens with one attached hydrogen (secondary N) is 1. The Hall–Kier alpha value is -2.20. The number of likely N-dealkylation sites (tertiary alicyclic amines) is 1. The number of ether oxygens (including phenoxy) is 2. The Morgan fingerprint density at radius 3 is 2.53 bits per heavy atom. The molecular weight excluding hydrogens is 416 g/mol. The second-order valence-electron chi connectivity index (χ2n) is 6.72. The van der Waals surface area contributed by atoms with Gasteiger partial charge in [0.2, 0.25) is 5.91 Å². The summed E-state index contributed by atoms with van der Waals surface area (Å²) in [6, 6.07) is 7.15. The number of carbonyl (C=O) groups is 3. The molecule has 30 heavy (non-hydrogen) atoms. The van der Waals surface area contributed by atoms with Crippen molar-refractivity contribution in [2.24, 2.45) is 0 Å². The first-order valence-corrected chi connectivity index (χ1v) is 9.51. The molecule has 1 heterocycles. The van der Waals surface area contributed by atoms with Crippen molar-refractivity contribution in [1.29, 1.82) is 0 Å². The summed E-state index contributed by atoms with van der Waals surface area (Å²) in [5.41, 5.74) is 0.968. The SMILES string of the molecule is CCOC(=O)[C@H](COCc1ccccc1)N[C@@H](C)C(=O)N1CCC[C@H]1C(=O)O.Cl.O. The average molecular weight is 447 g/mol. The minimum atomic E-state index is -1.01. The van der Waals surface area contributed by atoms with E-state index in [-0.39, 0.29) is 37.0 Å². The van der Waals surface area contributed by atoms with E-state index in [1.807, 2.05) is 30.3 Å². The van der Waals surface area contributed by atoms with Crippen molar-refractivity contribution in [3.8, 4) is 0 Å². The fourth-order valence-corrected chi connectivity index (χ4v) is 3.20. The van der Waals surface area contributed by atoms with Gasteiger partial charge in [-0.15, -0.1) is 12.4 Å². The molecule has 0 bridgehead atoms. The summed E-state index contributed by atoms with van der Waals surface area (Å²) in [5.74, 6) is -1.86. The molecule has 1 saturated heterocycles. The Morgan fingerprint density at radius 1 is 1.27 bits per heavy atom. The van der Waals surface area contributed by atoms with Crippen LogP contribution in [0, 0.1) is 0 Å². The molecule has 4 N–H and O–H groups in total. The molecule has 0 unspecified atom stereocenters. The topological polar surface area (TPSA) is 137 Å². The molecule has 0 saturated carbocycles. The van der Waals surface area contributed by atoms with E-state index in [2.05, 4.69) is 5.32 Å². The molecule has 1 aliphatic rings. The Balaban J connectivity index is 0.00000420. The van der Waals surface area contributed by atoms with E-state index in [0.717, 1.165) is 5.56 Å². The maximum absolute atomic E-state index is 12.7. The largest absolute Gasteiger partial charge is 0.480 e. The van der Waals surface area contributed by atoms with Crippen LogP contribution in [0.15, 0.2) is 30.3 Å². The number of hydrogen-bond donors (Lipinski definition) is 2. The third kappa shape index (κ3) is 7.91. The highest BCUT2D eigenvalue weighted by molar-refractivity contribution is 5.88. The first kappa shape index (κ1) is 27.8. The third-order valence-electron chi connectivity index (χ3n) is 4.61. The second kappa shape index (κ2) is 13.9. The zero-order valence-electron chi connectivity index (χ0n) is 17.2. The monoisotopic (exact) mass is 446 g/mol. The van der Waals surface area contributed by atoms with Gasteiger partial charge in [0.15, 0.2) is 0 Å². The lowest BCUT2D eigenvalue weighted by atomic mass is 10.2. The number of hydrogen-bond acceptors (Lipinski definition) is 6. The van der Waals surface area contributed by atoms with Gasteiger partial charge in [-0.2, -0.15) is 0 Å². The molecule has 0 spiro atoms. The van der Waals surface area contributed by atoms with Crippen molar-refractivity contribution >= 4 is 30.3 Å². The average Bonchev–Trinajstić information content (AvgIpc) is 3.17. The Morgan fingerprint density at radius 2 is 1.93 bits per heavy atom. The van der Waals surface area contributed by atoms with Crippen LogP contribution in [0.4, 0.5) is 0 Å². The van der Waals surface area contributed by atoms with E-state index in [0.29, 0.717) is 26.0 Å². The molecule has 0 aromatic heterocycles. The molecule has 9 nitrogen and oxygen atoms in total. The fraction of sp³-hybridized carbons (Fsp3) is 0.550. The number of carboxylic acids is 1. The number of benzene rings is 1. The zero-order valence-corrected chi connectivity index (χ0v) is 18.0. The number of amides is 1. The van der Waals surface area contributed by atoms with Crippen LogP contribution in [-0.2, 0) is 30.5 Å². The summed E-state index contributed by atoms with van der Waals surface area (Å²) in [6.45, 7) is 4.29. The molecule has 2 rings (SSSR count). The lowest BCUT2D eigenvalue weighted by Gasteiger charge is -2.27. The van der Waals surface area contributed by atoms with E-state index >= 15 is 0 Å². The second-order valence-corrected chi connectivity index (χ2v) is 6.72. The molecule has 10 heteroatoms. The fourth-order valence-electron chi connectivity index (χ4n) is 3.20. The molecule has 3 atom stereocenters. The number of esters is 1. The van der Waals surface area contributed by atoms with Gasteiger partial charge in [0.25, 0.3) is 0 Å². The summed E-state index contributed by atoms with van der Waals surface area (Å²) in [7, 11) is 0. The Bertz CT molecular complexity index is 674. The van der Waals surface area contributed by atoms with Crippen molar-refractivity contribution in [3.63, 3.8) is 0 Å². The van der Waals surface area contributed by atoms with Crippen LogP contribution >= 0.6 is 12.4 Å². The lowest BCUT2D eigenvalue weighted by Crippen LogP contribution is -2.54. The first-order valence-electron chi connectivity index (χ1n) is 9.51. The van der Waals surface area contributed by atoms with Gasteiger partial charge >= 0.3 is 11.9 Å². The number of rotatable bonds is 10. The highest BCUT2D eigenvalue weighted by Gasteiger charge is 2.37. The quantitative estimate of drug-likeness (QED) is 0.507. The van der Waals surface area contributed by atoms with Gasteiger partial charge < -0.3 is 25.0 Å². The van der Waals surface area contributed by atoms with Crippen LogP contribution < -0.4 is 5.32 Å². The van der Waals surface area contributed by atoms with Gasteiger partial charge in [-0.25, -0.2) is 4.79 Å². The van der Waals surface area contributed by atoms with Gasteiger partial charge in [-0.1, -0.05) is 30.3 Å². The number of carbonyl (C=O) groups excluding carboxylic acids is 2. The smallest absolute Gasteiger partial charge is 0.326 e. The normalized spacial score (nSPS) is 17.3. The van der Waals surface area contributed by atoms with Gasteiger partial charge in [0.05, 0.1) is 25.9 Å². The standard InChI is InChI=1S/C20H28N2O6.ClH.H2O/c1-3-28-20(26)16(13-27-12-15-8-5-4-6-9-15)21-14(2)18(23)22-11-7-10-17(22)19(24)25;;/h4-6,8-9,14,16-17,21H,3,7,10-13H2,1-2H3,(H,24,25);1H;1H2/t14-,16-,17-;;/m0../s1. The number of nitrogens with zero attached hydrogens (tertiary/aromatic N) is 1. The van der Waals surface area contributed by atoms with Gasteiger partial charge in [0, 0.05) is 6.54 Å². The number of carboxylic acid groups (broad SMARTS) is 1. The molecule has 1 fully saturated rings. The molecule has 0 aliphatic carbocycles. The minimum Gasteiger partial charge on any atom is -0.480 e. The highest BCUT2D eigenvalue weighted by Crippen LogP contribution is 2.18. The van der Waals surface area contributed by atoms with E-state index in [9.17, 15) is 19.5 Å². The zero-order chi connectivity index (χ0) is 20.5. The number of aliphatic carboxylic acids is 1. The predicted octanol–water partition coefficient (Wildman–Crippen LogP) is 0.786. The lowest BCUT2D eigenvalue weighted by molar-refractivity contribution is -0.151. The predicted molar refractivity (Wildman–Crippen MR) is 112 cm³/mol. The molecule has 1 aromatic rings. The van der Waals surface area contributed by atoms with Crippen LogP contribution in [-0.4, -0.2) is 71.2 Å². The van der Waals surface area contributed by atoms with Crippen LogP contribution in [0.2, 0.25) is 0 Å². The summed E-state index contributed by atoms with van der Waals surface area (Å²) in [4.78, 5) is 37.6. The van der Waals surface area contributed by atoms with Crippen molar-refractivity contribution < 1.29 is 34.4 Å². The van der Waals surface area contributed by atoms with Crippen LogP contribution in [0.1, 0.15) is 32.3 Å². The molecule has 170 valence electrons. The molecule has 1 aliphatic heterocycles. The van der Waals surface area contributed by atoms with Gasteiger partial charge in [-0.05, 0) is 32.3 Å². The van der Waals surface area contributed by atoms with Crippen LogP contribution in [0.25, 0.3) is 0 Å². The maximum Gasteiger partial charge on any atom is 0.326 e. The van der Waals surface area contributed by atoms with Crippen molar-refractivity contribution in [2.45, 2.75) is 51.4 Å². The van der Waals surface area contributed by atoms with Crippen LogP contribution in [0.3, 0.4) is 0 Å². The first-order chi connectivity index (χ1) is 13.4. The van der Waals surface area contributed by atoms with Gasteiger partial charge in [0.1, 0.15) is 12.1 Å². The molecule has 1 amide bonds. The van der Waals surface area contributed by atoms with E-state index in [4.69, 9.17) is 9.47 Å². The van der Waals surface area contributed by atoms with E-state index in [1.54, 1.807) is 13.8 Å². The minimum absolute atomic E-state index is 0. The summed E-state index contributed by atoms with van der Waals surface area (Å²) in [5, 5.41) is 12.2. The van der Waals surface area contributed by atoms with Gasteiger partial charge in [-0.3, -0.25) is 14.9 Å². The summed E-state index contributed by atoms with van der Waals surface area (Å²) >= 11 is 0. The Labute approximate surface area is 182 Å². The summed E-state index contributed by atoms with van der Waals surface area (Å²) < 4.78 is 10.7. The molecular formula is C20H31ClN2O7. The highest BCUT2D eigenvalue weighted by atomic mass is 35.5. The third-order valence-corrected chi connectivity index (χ3v) is 4.61. The van der Waals surface area contributed by atoms with Crippen LogP contribution in [0.5, 0.6) is 0 Å². The number of halogens is 1. The molecule has 1 aromatic carbocycles. The van der Waals surface area contributed by atoms with Crippen molar-refractivity contribution in [2.75, 3.05) is 19.8 Å². The van der Waals surface area contributed by atoms with E-state index in [1.165, 1.54) is 4.90 Å². The van der Waals surface area contributed by atoms with Crippen molar-refractivity contribution in [1.82, 2.24) is 10.2 Å². The molecule has 0 radical (unpaired) electrons.